The standard InChI is InChI=1S/C21H30O3/c1-7-15-11-13-17(23-15)20(5,9-3)19(22)21(6,10-4)18-14-12-16(8-2)24-18/h11-14H,7-10H2,1-6H3. The molecule has 0 fully saturated rings. The molecule has 0 aliphatic carbocycles. The zero-order chi connectivity index (χ0) is 18.0. The third-order valence-electron chi connectivity index (χ3n) is 5.52. The minimum atomic E-state index is -0.655. The molecule has 0 saturated carbocycles. The van der Waals surface area contributed by atoms with Gasteiger partial charge in [-0.15, -0.1) is 0 Å². The second-order valence-corrected chi connectivity index (χ2v) is 6.94. The smallest absolute Gasteiger partial charge is 0.159 e. The van der Waals surface area contributed by atoms with Crippen LogP contribution < -0.4 is 0 Å². The molecule has 0 aliphatic heterocycles. The highest BCUT2D eigenvalue weighted by molar-refractivity contribution is 5.97. The van der Waals surface area contributed by atoms with E-state index in [1.54, 1.807) is 0 Å². The normalized spacial score (nSPS) is 16.6. The van der Waals surface area contributed by atoms with Crippen LogP contribution in [0.25, 0.3) is 0 Å². The highest BCUT2D eigenvalue weighted by Crippen LogP contribution is 2.41. The Morgan fingerprint density at radius 3 is 1.42 bits per heavy atom. The van der Waals surface area contributed by atoms with Crippen LogP contribution >= 0.6 is 0 Å². The van der Waals surface area contributed by atoms with Crippen LogP contribution in [0.1, 0.15) is 77.4 Å². The van der Waals surface area contributed by atoms with Gasteiger partial charge in [0.25, 0.3) is 0 Å². The summed E-state index contributed by atoms with van der Waals surface area (Å²) in [4.78, 5) is 13.6. The molecule has 0 saturated heterocycles. The molecular weight excluding hydrogens is 300 g/mol. The molecule has 0 bridgehead atoms. The van der Waals surface area contributed by atoms with E-state index in [1.165, 1.54) is 0 Å². The molecular formula is C21H30O3. The lowest BCUT2D eigenvalue weighted by Gasteiger charge is -2.34. The SMILES string of the molecule is CCc1ccc(C(C)(CC)C(=O)C(C)(CC)c2ccc(CC)o2)o1. The molecule has 3 heteroatoms. The van der Waals surface area contributed by atoms with Crippen molar-refractivity contribution in [3.05, 3.63) is 47.3 Å². The van der Waals surface area contributed by atoms with Gasteiger partial charge >= 0.3 is 0 Å². The summed E-state index contributed by atoms with van der Waals surface area (Å²) < 4.78 is 11.9. The Kier molecular flexibility index (Phi) is 5.42. The van der Waals surface area contributed by atoms with Gasteiger partial charge in [-0.1, -0.05) is 27.7 Å². The molecule has 0 aliphatic rings. The Morgan fingerprint density at radius 2 is 1.17 bits per heavy atom. The van der Waals surface area contributed by atoms with Crippen LogP contribution in [0.4, 0.5) is 0 Å². The zero-order valence-electron chi connectivity index (χ0n) is 15.9. The van der Waals surface area contributed by atoms with E-state index in [0.29, 0.717) is 12.8 Å². The predicted molar refractivity (Wildman–Crippen MR) is 96.5 cm³/mol. The summed E-state index contributed by atoms with van der Waals surface area (Å²) in [6.45, 7) is 12.2. The molecule has 2 aromatic heterocycles. The monoisotopic (exact) mass is 330 g/mol. The number of aryl methyl sites for hydroxylation is 2. The first-order valence-electron chi connectivity index (χ1n) is 9.08. The van der Waals surface area contributed by atoms with E-state index >= 15 is 0 Å². The van der Waals surface area contributed by atoms with Gasteiger partial charge in [0.05, 0.1) is 10.8 Å². The third-order valence-corrected chi connectivity index (χ3v) is 5.52. The lowest BCUT2D eigenvalue weighted by Crippen LogP contribution is -2.45. The van der Waals surface area contributed by atoms with Gasteiger partial charge in [-0.2, -0.15) is 0 Å². The molecule has 0 amide bonds. The van der Waals surface area contributed by atoms with Gasteiger partial charge in [0.1, 0.15) is 23.0 Å². The Hall–Kier alpha value is -1.77. The van der Waals surface area contributed by atoms with Crippen molar-refractivity contribution >= 4 is 5.78 Å². The number of ketones is 1. The summed E-state index contributed by atoms with van der Waals surface area (Å²) >= 11 is 0. The quantitative estimate of drug-likeness (QED) is 0.632. The van der Waals surface area contributed by atoms with Crippen molar-refractivity contribution in [2.45, 2.75) is 78.1 Å². The van der Waals surface area contributed by atoms with Crippen LogP contribution in [-0.2, 0) is 28.5 Å². The second-order valence-electron chi connectivity index (χ2n) is 6.94. The van der Waals surface area contributed by atoms with Crippen LogP contribution in [0.5, 0.6) is 0 Å². The van der Waals surface area contributed by atoms with Crippen molar-refractivity contribution in [3.63, 3.8) is 0 Å². The minimum Gasteiger partial charge on any atom is -0.465 e. The summed E-state index contributed by atoms with van der Waals surface area (Å²) in [5, 5.41) is 0. The fraction of sp³-hybridized carbons (Fsp3) is 0.571. The van der Waals surface area contributed by atoms with E-state index in [9.17, 15) is 4.79 Å². The molecule has 0 radical (unpaired) electrons. The van der Waals surface area contributed by atoms with E-state index in [1.807, 2.05) is 52.0 Å². The first kappa shape index (κ1) is 18.6. The van der Waals surface area contributed by atoms with Crippen molar-refractivity contribution in [2.24, 2.45) is 0 Å². The summed E-state index contributed by atoms with van der Waals surface area (Å²) in [5.41, 5.74) is -1.31. The van der Waals surface area contributed by atoms with Crippen LogP contribution in [-0.4, -0.2) is 5.78 Å². The average molecular weight is 330 g/mol. The molecule has 0 spiro atoms. The first-order chi connectivity index (χ1) is 11.4. The maximum absolute atomic E-state index is 13.6. The molecule has 2 rings (SSSR count). The molecule has 3 nitrogen and oxygen atoms in total. The van der Waals surface area contributed by atoms with Gasteiger partial charge in [-0.3, -0.25) is 4.79 Å². The molecule has 2 heterocycles. The van der Waals surface area contributed by atoms with Gasteiger partial charge in [-0.25, -0.2) is 0 Å². The number of Topliss-reactive ketones (excluding diaryl/α,β-unsaturated/α-hetero) is 1. The van der Waals surface area contributed by atoms with Crippen LogP contribution in [0.15, 0.2) is 33.1 Å². The Bertz CT molecular complexity index is 635. The van der Waals surface area contributed by atoms with E-state index in [4.69, 9.17) is 8.83 Å². The summed E-state index contributed by atoms with van der Waals surface area (Å²) in [6, 6.07) is 7.86. The van der Waals surface area contributed by atoms with E-state index in [2.05, 4.69) is 13.8 Å². The lowest BCUT2D eigenvalue weighted by atomic mass is 9.66. The van der Waals surface area contributed by atoms with E-state index in [0.717, 1.165) is 35.9 Å². The molecule has 2 unspecified atom stereocenters. The maximum atomic E-state index is 13.6. The fourth-order valence-electron chi connectivity index (χ4n) is 3.23. The summed E-state index contributed by atoms with van der Waals surface area (Å²) in [5.74, 6) is 3.51. The van der Waals surface area contributed by atoms with Gasteiger partial charge in [-0.05, 0) is 51.0 Å². The molecule has 0 aromatic carbocycles. The zero-order valence-corrected chi connectivity index (χ0v) is 15.9. The van der Waals surface area contributed by atoms with Crippen LogP contribution in [0.2, 0.25) is 0 Å². The first-order valence-corrected chi connectivity index (χ1v) is 9.08. The molecule has 2 atom stereocenters. The van der Waals surface area contributed by atoms with E-state index in [-0.39, 0.29) is 5.78 Å². The Balaban J connectivity index is 2.47. The summed E-state index contributed by atoms with van der Waals surface area (Å²) in [7, 11) is 0. The number of carbonyl (C=O) groups excluding carboxylic acids is 1. The van der Waals surface area contributed by atoms with Crippen molar-refractivity contribution in [1.82, 2.24) is 0 Å². The minimum absolute atomic E-state index is 0.161. The highest BCUT2D eigenvalue weighted by Gasteiger charge is 2.48. The predicted octanol–water partition coefficient (Wildman–Crippen LogP) is 5.60. The van der Waals surface area contributed by atoms with E-state index < -0.39 is 10.8 Å². The van der Waals surface area contributed by atoms with Gasteiger partial charge in [0, 0.05) is 12.8 Å². The number of hydrogen-bond acceptors (Lipinski definition) is 3. The van der Waals surface area contributed by atoms with Crippen LogP contribution in [0.3, 0.4) is 0 Å². The van der Waals surface area contributed by atoms with Gasteiger partial charge < -0.3 is 8.83 Å². The third kappa shape index (κ3) is 2.97. The van der Waals surface area contributed by atoms with Crippen molar-refractivity contribution in [1.29, 1.82) is 0 Å². The number of furan rings is 2. The van der Waals surface area contributed by atoms with Crippen molar-refractivity contribution in [2.75, 3.05) is 0 Å². The molecule has 132 valence electrons. The average Bonchev–Trinajstić information content (AvgIpc) is 3.28. The van der Waals surface area contributed by atoms with Crippen molar-refractivity contribution < 1.29 is 13.6 Å². The van der Waals surface area contributed by atoms with Gasteiger partial charge in [0.15, 0.2) is 5.78 Å². The molecule has 24 heavy (non-hydrogen) atoms. The van der Waals surface area contributed by atoms with Crippen LogP contribution in [0, 0.1) is 0 Å². The number of hydrogen-bond donors (Lipinski definition) is 0. The maximum Gasteiger partial charge on any atom is 0.159 e. The second kappa shape index (κ2) is 7.00. The van der Waals surface area contributed by atoms with Gasteiger partial charge in [0.2, 0.25) is 0 Å². The topological polar surface area (TPSA) is 43.4 Å². The number of carbonyl (C=O) groups is 1. The molecule has 2 aromatic rings. The number of rotatable bonds is 8. The lowest BCUT2D eigenvalue weighted by molar-refractivity contribution is -0.130. The Morgan fingerprint density at radius 1 is 0.792 bits per heavy atom. The molecule has 0 N–H and O–H groups in total. The largest absolute Gasteiger partial charge is 0.465 e. The highest BCUT2D eigenvalue weighted by atomic mass is 16.3. The fourth-order valence-corrected chi connectivity index (χ4v) is 3.23. The summed E-state index contributed by atoms with van der Waals surface area (Å²) in [6.07, 6.45) is 3.05. The van der Waals surface area contributed by atoms with Crippen molar-refractivity contribution in [3.8, 4) is 0 Å². The Labute approximate surface area is 145 Å².